The van der Waals surface area contributed by atoms with Crippen molar-refractivity contribution in [3.05, 3.63) is 46.0 Å². The second kappa shape index (κ2) is 6.98. The largest absolute Gasteiger partial charge is 0.422 e. The normalized spacial score (nSPS) is 28.3. The fourth-order valence-electron chi connectivity index (χ4n) is 4.41. The Bertz CT molecular complexity index is 1050. The van der Waals surface area contributed by atoms with Crippen molar-refractivity contribution in [3.63, 3.8) is 0 Å². The highest BCUT2D eigenvalue weighted by Gasteiger charge is 2.72. The number of carbonyl (C=O) groups is 4. The van der Waals surface area contributed by atoms with E-state index in [4.69, 9.17) is 14.2 Å². The van der Waals surface area contributed by atoms with Crippen LogP contribution in [0.4, 0.5) is 11.4 Å². The number of imide groups is 1. The quantitative estimate of drug-likeness (QED) is 0.168. The van der Waals surface area contributed by atoms with Gasteiger partial charge >= 0.3 is 11.9 Å². The average Bonchev–Trinajstić information content (AvgIpc) is 3.32. The van der Waals surface area contributed by atoms with Gasteiger partial charge in [-0.25, -0.2) is 4.90 Å². The van der Waals surface area contributed by atoms with Gasteiger partial charge in [0.1, 0.15) is 0 Å². The second-order valence-corrected chi connectivity index (χ2v) is 7.59. The molecule has 3 aliphatic heterocycles. The van der Waals surface area contributed by atoms with Crippen molar-refractivity contribution in [1.82, 2.24) is 0 Å². The molecule has 3 heterocycles. The highest BCUT2D eigenvalue weighted by Crippen LogP contribution is 2.55. The Morgan fingerprint density at radius 3 is 2.42 bits per heavy atom. The predicted octanol–water partition coefficient (Wildman–Crippen LogP) is 1.17. The number of benzene rings is 1. The number of esters is 2. The van der Waals surface area contributed by atoms with Gasteiger partial charge in [0.15, 0.2) is 5.60 Å². The predicted molar refractivity (Wildman–Crippen MR) is 101 cm³/mol. The average molecular weight is 430 g/mol. The van der Waals surface area contributed by atoms with Crippen LogP contribution in [0.3, 0.4) is 0 Å². The number of nitro groups is 1. The molecule has 0 saturated carbocycles. The summed E-state index contributed by atoms with van der Waals surface area (Å²) in [6.07, 6.45) is 0.626. The molecule has 4 atom stereocenters. The van der Waals surface area contributed by atoms with Gasteiger partial charge in [-0.1, -0.05) is 12.1 Å². The number of ether oxygens (including phenoxy) is 3. The van der Waals surface area contributed by atoms with Crippen molar-refractivity contribution in [3.8, 4) is 0 Å². The van der Waals surface area contributed by atoms with Crippen molar-refractivity contribution in [2.75, 3.05) is 4.90 Å². The van der Waals surface area contributed by atoms with Crippen LogP contribution in [0.1, 0.15) is 19.4 Å². The summed E-state index contributed by atoms with van der Waals surface area (Å²) in [5.74, 6) is -4.92. The first-order valence-corrected chi connectivity index (χ1v) is 9.41. The van der Waals surface area contributed by atoms with Crippen LogP contribution in [0.2, 0.25) is 0 Å². The van der Waals surface area contributed by atoms with Crippen LogP contribution in [-0.4, -0.2) is 46.7 Å². The molecule has 0 aliphatic carbocycles. The number of carbonyl (C=O) groups excluding carboxylic acids is 4. The summed E-state index contributed by atoms with van der Waals surface area (Å²) in [4.78, 5) is 61.4. The van der Waals surface area contributed by atoms with Gasteiger partial charge in [-0.05, 0) is 18.6 Å². The first-order valence-electron chi connectivity index (χ1n) is 9.41. The van der Waals surface area contributed by atoms with Crippen molar-refractivity contribution in [2.45, 2.75) is 38.8 Å². The van der Waals surface area contributed by atoms with Crippen LogP contribution in [0.25, 0.3) is 0 Å². The summed E-state index contributed by atoms with van der Waals surface area (Å²) in [5, 5.41) is 11.2. The van der Waals surface area contributed by atoms with E-state index in [1.54, 1.807) is 13.0 Å². The summed E-state index contributed by atoms with van der Waals surface area (Å²) in [7, 11) is 0. The molecular formula is C20H18N2O9. The Kier molecular flexibility index (Phi) is 4.65. The minimum Gasteiger partial charge on any atom is -0.422 e. The molecule has 162 valence electrons. The Morgan fingerprint density at radius 2 is 1.84 bits per heavy atom. The number of rotatable bonds is 5. The van der Waals surface area contributed by atoms with Crippen molar-refractivity contribution in [1.29, 1.82) is 0 Å². The monoisotopic (exact) mass is 430 g/mol. The van der Waals surface area contributed by atoms with Gasteiger partial charge in [-0.2, -0.15) is 0 Å². The van der Waals surface area contributed by atoms with E-state index in [0.29, 0.717) is 5.56 Å². The van der Waals surface area contributed by atoms with E-state index < -0.39 is 58.5 Å². The summed E-state index contributed by atoms with van der Waals surface area (Å²) < 4.78 is 16.2. The molecule has 0 N–H and O–H groups in total. The first kappa shape index (κ1) is 20.7. The molecule has 1 aromatic rings. The zero-order chi connectivity index (χ0) is 22.7. The van der Waals surface area contributed by atoms with Gasteiger partial charge in [-0.15, -0.1) is 0 Å². The van der Waals surface area contributed by atoms with E-state index >= 15 is 0 Å². The van der Waals surface area contributed by atoms with Crippen molar-refractivity contribution < 1.29 is 38.3 Å². The molecule has 11 heteroatoms. The summed E-state index contributed by atoms with van der Waals surface area (Å²) in [6, 6.07) is 3.88. The Hall–Kier alpha value is -3.60. The van der Waals surface area contributed by atoms with Gasteiger partial charge in [-0.3, -0.25) is 29.3 Å². The minimum atomic E-state index is -1.68. The van der Waals surface area contributed by atoms with E-state index in [0.717, 1.165) is 24.8 Å². The van der Waals surface area contributed by atoms with E-state index in [1.807, 2.05) is 0 Å². The number of aryl methyl sites for hydroxylation is 1. The molecule has 4 rings (SSSR count). The first-order chi connectivity index (χ1) is 14.6. The number of anilines is 1. The van der Waals surface area contributed by atoms with Crippen LogP contribution in [0, 0.1) is 28.9 Å². The summed E-state index contributed by atoms with van der Waals surface area (Å²) in [6.45, 7) is 3.83. The lowest BCUT2D eigenvalue weighted by Gasteiger charge is -2.34. The lowest BCUT2D eigenvalue weighted by atomic mass is 9.76. The second-order valence-electron chi connectivity index (χ2n) is 7.59. The molecule has 2 fully saturated rings. The van der Waals surface area contributed by atoms with E-state index in [-0.39, 0.29) is 11.4 Å². The zero-order valence-corrected chi connectivity index (χ0v) is 16.8. The maximum absolute atomic E-state index is 13.4. The fourth-order valence-corrected chi connectivity index (χ4v) is 4.41. The zero-order valence-electron chi connectivity index (χ0n) is 16.8. The Labute approximate surface area is 175 Å². The van der Waals surface area contributed by atoms with Gasteiger partial charge in [0.25, 0.3) is 12.0 Å². The highest BCUT2D eigenvalue weighted by atomic mass is 16.7. The molecule has 0 radical (unpaired) electrons. The molecule has 31 heavy (non-hydrogen) atoms. The molecular weight excluding hydrogens is 412 g/mol. The van der Waals surface area contributed by atoms with Crippen LogP contribution in [0.15, 0.2) is 30.4 Å². The Morgan fingerprint density at radius 1 is 1.19 bits per heavy atom. The van der Waals surface area contributed by atoms with Crippen LogP contribution < -0.4 is 4.90 Å². The molecule has 3 aliphatic rings. The molecule has 2 bridgehead atoms. The van der Waals surface area contributed by atoms with Crippen LogP contribution in [-0.2, 0) is 33.4 Å². The molecule has 1 aromatic carbocycles. The SMILES string of the molecule is CC(=O)OC(OC(C)=O)[C@@]12C=C[C@H](O1)[C@@H]1C(=O)N(c3cc([N+](=O)[O-])ccc3C)C(=O)[C@H]12. The number of hydrogen-bond donors (Lipinski definition) is 0. The van der Waals surface area contributed by atoms with Gasteiger partial charge in [0.2, 0.25) is 11.8 Å². The topological polar surface area (TPSA) is 142 Å². The number of hydrogen-bond acceptors (Lipinski definition) is 9. The van der Waals surface area contributed by atoms with Gasteiger partial charge in [0, 0.05) is 26.0 Å². The van der Waals surface area contributed by atoms with E-state index in [9.17, 15) is 29.3 Å². The lowest BCUT2D eigenvalue weighted by Crippen LogP contribution is -2.52. The number of non-ortho nitro benzene ring substituents is 1. The number of nitrogens with zero attached hydrogens (tertiary/aromatic N) is 2. The molecule has 0 spiro atoms. The Balaban J connectivity index is 1.78. The number of amides is 2. The third-order valence-electron chi connectivity index (χ3n) is 5.64. The molecule has 2 saturated heterocycles. The maximum atomic E-state index is 13.4. The summed E-state index contributed by atoms with van der Waals surface area (Å²) >= 11 is 0. The molecule has 2 amide bonds. The number of fused-ring (bicyclic) bond motifs is 5. The smallest absolute Gasteiger partial charge is 0.305 e. The van der Waals surface area contributed by atoms with E-state index in [2.05, 4.69) is 0 Å². The van der Waals surface area contributed by atoms with Crippen LogP contribution in [0.5, 0.6) is 0 Å². The van der Waals surface area contributed by atoms with Crippen LogP contribution >= 0.6 is 0 Å². The van der Waals surface area contributed by atoms with E-state index in [1.165, 1.54) is 18.2 Å². The highest BCUT2D eigenvalue weighted by molar-refractivity contribution is 6.23. The lowest BCUT2D eigenvalue weighted by molar-refractivity contribution is -0.384. The van der Waals surface area contributed by atoms with Crippen molar-refractivity contribution in [2.24, 2.45) is 11.8 Å². The fraction of sp³-hybridized carbons (Fsp3) is 0.400. The maximum Gasteiger partial charge on any atom is 0.305 e. The summed E-state index contributed by atoms with van der Waals surface area (Å²) in [5.41, 5.74) is -1.38. The molecule has 0 aromatic heterocycles. The third-order valence-corrected chi connectivity index (χ3v) is 5.64. The van der Waals surface area contributed by atoms with Gasteiger partial charge in [0.05, 0.1) is 28.6 Å². The van der Waals surface area contributed by atoms with Crippen molar-refractivity contribution >= 4 is 35.1 Å². The minimum absolute atomic E-state index is 0.0877. The third kappa shape index (κ3) is 3.00. The van der Waals surface area contributed by atoms with Gasteiger partial charge < -0.3 is 14.2 Å². The standard InChI is InChI=1S/C20H18N2O9/c1-9-4-5-12(22(27)28)8-13(9)21-17(25)15-14-6-7-20(31-14,16(15)18(21)26)19(29-10(2)23)30-11(3)24/h4-8,14-16,19H,1-3H3/t14-,15-,16-,20-/m0/s1. The number of nitro benzene ring substituents is 1. The molecule has 0 unspecified atom stereocenters. The molecule has 11 nitrogen and oxygen atoms in total.